The monoisotopic (exact) mass is 654 g/mol. The zero-order valence-corrected chi connectivity index (χ0v) is 30.5. The molecule has 0 unspecified atom stereocenters. The first-order valence-electron chi connectivity index (χ1n) is 17.5. The van der Waals surface area contributed by atoms with Gasteiger partial charge in [0, 0.05) is 35.5 Å². The van der Waals surface area contributed by atoms with Crippen LogP contribution in [-0.2, 0) is 21.6 Å². The van der Waals surface area contributed by atoms with Gasteiger partial charge in [-0.2, -0.15) is 0 Å². The van der Waals surface area contributed by atoms with Gasteiger partial charge in [0.2, 0.25) is 0 Å². The molecule has 1 nitrogen and oxygen atoms in total. The van der Waals surface area contributed by atoms with Crippen molar-refractivity contribution in [2.75, 3.05) is 0 Å². The van der Waals surface area contributed by atoms with Crippen molar-refractivity contribution < 1.29 is 21.6 Å². The molecule has 1 saturated carbocycles. The Hall–Kier alpha value is -2.29. The van der Waals surface area contributed by atoms with E-state index >= 15 is 0 Å². The summed E-state index contributed by atoms with van der Waals surface area (Å²) in [7, 11) is 0. The molecule has 0 N–H and O–H groups in total. The molecule has 2 radical (unpaired) electrons. The van der Waals surface area contributed by atoms with Gasteiger partial charge in [-0.05, 0) is 56.3 Å². The van der Waals surface area contributed by atoms with E-state index in [1.165, 1.54) is 40.4 Å². The van der Waals surface area contributed by atoms with Crippen LogP contribution in [0.25, 0.3) is 11.1 Å². The summed E-state index contributed by atoms with van der Waals surface area (Å²) in [6.07, 6.45) is 16.4. The average Bonchev–Trinajstić information content (AvgIpc) is 3.77. The molecule has 242 valence electrons. The second kappa shape index (κ2) is 13.0. The van der Waals surface area contributed by atoms with Crippen molar-refractivity contribution in [3.05, 3.63) is 113 Å². The number of rotatable bonds is 4. The van der Waals surface area contributed by atoms with Crippen molar-refractivity contribution in [2.45, 2.75) is 93.5 Å². The van der Waals surface area contributed by atoms with Gasteiger partial charge in [0.05, 0.1) is 0 Å². The molecule has 4 heteroatoms. The fourth-order valence-corrected chi connectivity index (χ4v) is 9.45. The van der Waals surface area contributed by atoms with E-state index in [0.29, 0.717) is 31.5 Å². The van der Waals surface area contributed by atoms with Gasteiger partial charge < -0.3 is 0 Å². The van der Waals surface area contributed by atoms with Crippen LogP contribution in [0.15, 0.2) is 95.9 Å². The van der Waals surface area contributed by atoms with E-state index in [0.717, 1.165) is 19.1 Å². The van der Waals surface area contributed by atoms with E-state index in [2.05, 4.69) is 116 Å². The maximum Gasteiger partial charge on any atom is 0.178 e. The van der Waals surface area contributed by atoms with E-state index in [1.54, 1.807) is 5.47 Å². The molecule has 46 heavy (non-hydrogen) atoms. The first-order chi connectivity index (χ1) is 21.2. The molecule has 2 heterocycles. The smallest absolute Gasteiger partial charge is 0.178 e. The van der Waals surface area contributed by atoms with Crippen molar-refractivity contribution in [3.63, 3.8) is 0 Å². The van der Waals surface area contributed by atoms with Crippen LogP contribution in [-0.4, -0.2) is 19.2 Å². The van der Waals surface area contributed by atoms with Crippen LogP contribution in [0.1, 0.15) is 79.4 Å². The first kappa shape index (κ1) is 35.0. The summed E-state index contributed by atoms with van der Waals surface area (Å²) in [6.45, 7) is 20.7. The van der Waals surface area contributed by atoms with Crippen LogP contribution in [0.4, 0.5) is 0 Å². The summed E-state index contributed by atoms with van der Waals surface area (Å²) in [5.41, 5.74) is 9.70. The fourth-order valence-electron chi connectivity index (χ4n) is 9.45. The summed E-state index contributed by atoms with van der Waals surface area (Å²) in [5, 5.41) is 0. The third-order valence-electron chi connectivity index (χ3n) is 13.2. The summed E-state index contributed by atoms with van der Waals surface area (Å²) in [6, 6.07) is 22.3. The Balaban J connectivity index is 0.000000635. The van der Waals surface area contributed by atoms with Crippen molar-refractivity contribution in [2.24, 2.45) is 33.5 Å². The number of ketones is 1. The number of fused-ring (bicyclic) bond motifs is 1. The normalized spacial score (nSPS) is 26.7. The van der Waals surface area contributed by atoms with E-state index in [-0.39, 0.29) is 44.4 Å². The molecular weight excluding hydrogens is 601 g/mol. The molecule has 0 amide bonds. The molecule has 2 atom stereocenters. The standard InChI is InChI=1S/C37H48B2O.C5H5.Co/c1-34(2)21-38(22-35(34,3)4)32-29(25-15-11-9-12-16-25)27-19-20-28(40)31(27)33(30(32)26-17-13-10-14-18-26)39-23-36(5,6)37(7,8)24-39;1-2-4-5-3-1;/h9-18,27,31H,19-24H2,1-8H3;1-5H;/t27-,31+;;/m0../s1. The quantitative estimate of drug-likeness (QED) is 0.300. The van der Waals surface area contributed by atoms with E-state index in [9.17, 15) is 4.79 Å². The number of carbonyl (C=O) groups is 1. The Bertz CT molecular complexity index is 1520. The number of carbonyl (C=O) groups excluding carboxylic acids is 1. The molecule has 0 spiro atoms. The van der Waals surface area contributed by atoms with Crippen LogP contribution in [0.2, 0.25) is 25.3 Å². The molecular formula is C42H53B2CoO. The molecule has 2 aliphatic heterocycles. The van der Waals surface area contributed by atoms with Gasteiger partial charge in [-0.3, -0.25) is 4.79 Å². The van der Waals surface area contributed by atoms with E-state index in [4.69, 9.17) is 0 Å². The third-order valence-corrected chi connectivity index (χ3v) is 13.2. The molecule has 2 saturated heterocycles. The predicted molar refractivity (Wildman–Crippen MR) is 196 cm³/mol. The van der Waals surface area contributed by atoms with Crippen LogP contribution in [0.5, 0.6) is 0 Å². The SMILES string of the molecule is CC1(C)CB(C2=C(c3ccccc3)[C@@H]3CCC(=O)[C@@H]3C(B3CC(C)(C)C(C)(C)C3)=C2c2ccccc2)CC1(C)C.[CH]1C=CC=C1.[Co]. The Morgan fingerprint density at radius 2 is 1.07 bits per heavy atom. The number of benzene rings is 2. The maximum absolute atomic E-state index is 14.0. The molecule has 2 aromatic rings. The molecule has 2 aromatic carbocycles. The molecule has 0 bridgehead atoms. The average molecular weight is 654 g/mol. The number of Topliss-reactive ketones (excluding diaryl/α,β-unsaturated/α-hetero) is 1. The van der Waals surface area contributed by atoms with Crippen molar-refractivity contribution in [1.82, 2.24) is 0 Å². The summed E-state index contributed by atoms with van der Waals surface area (Å²) < 4.78 is 0. The first-order valence-corrected chi connectivity index (χ1v) is 17.5. The number of allylic oxidation sites excluding steroid dienone is 8. The van der Waals surface area contributed by atoms with Crippen molar-refractivity contribution in [3.8, 4) is 0 Å². The number of hydrogen-bond donors (Lipinski definition) is 0. The van der Waals surface area contributed by atoms with Crippen LogP contribution >= 0.6 is 0 Å². The Labute approximate surface area is 291 Å². The zero-order chi connectivity index (χ0) is 32.2. The third kappa shape index (κ3) is 6.18. The van der Waals surface area contributed by atoms with Crippen molar-refractivity contribution in [1.29, 1.82) is 0 Å². The largest absolute Gasteiger partial charge is 0.299 e. The van der Waals surface area contributed by atoms with Crippen LogP contribution in [0, 0.1) is 39.9 Å². The van der Waals surface area contributed by atoms with Gasteiger partial charge in [-0.25, -0.2) is 0 Å². The van der Waals surface area contributed by atoms with E-state index < -0.39 is 0 Å². The maximum atomic E-state index is 14.0. The minimum absolute atomic E-state index is 0. The topological polar surface area (TPSA) is 17.1 Å². The fraction of sp³-hybridized carbons (Fsp3) is 0.476. The van der Waals surface area contributed by atoms with E-state index in [1.807, 2.05) is 30.7 Å². The molecule has 3 aliphatic carbocycles. The van der Waals surface area contributed by atoms with Gasteiger partial charge in [0.25, 0.3) is 0 Å². The predicted octanol–water partition coefficient (Wildman–Crippen LogP) is 11.0. The minimum Gasteiger partial charge on any atom is -0.299 e. The summed E-state index contributed by atoms with van der Waals surface area (Å²) in [5.74, 6) is 0.799. The van der Waals surface area contributed by atoms with Gasteiger partial charge in [0.1, 0.15) is 5.78 Å². The molecule has 7 rings (SSSR count). The Kier molecular flexibility index (Phi) is 9.87. The summed E-state index contributed by atoms with van der Waals surface area (Å²) >= 11 is 0. The Morgan fingerprint density at radius 3 is 1.52 bits per heavy atom. The second-order valence-electron chi connectivity index (χ2n) is 17.2. The molecule has 0 aromatic heterocycles. The minimum atomic E-state index is 0. The van der Waals surface area contributed by atoms with Gasteiger partial charge >= 0.3 is 0 Å². The van der Waals surface area contributed by atoms with Gasteiger partial charge in [0.15, 0.2) is 13.4 Å². The van der Waals surface area contributed by atoms with Gasteiger partial charge in [-0.1, -0.05) is 177 Å². The second-order valence-corrected chi connectivity index (χ2v) is 17.2. The van der Waals surface area contributed by atoms with Crippen LogP contribution in [0.3, 0.4) is 0 Å². The van der Waals surface area contributed by atoms with Gasteiger partial charge in [-0.15, -0.1) is 0 Å². The zero-order valence-electron chi connectivity index (χ0n) is 29.5. The summed E-state index contributed by atoms with van der Waals surface area (Å²) in [4.78, 5) is 14.0. The Morgan fingerprint density at radius 1 is 0.609 bits per heavy atom. The van der Waals surface area contributed by atoms with Crippen LogP contribution < -0.4 is 0 Å². The van der Waals surface area contributed by atoms with Crippen molar-refractivity contribution >= 4 is 30.4 Å². The molecule has 5 aliphatic rings. The molecule has 3 fully saturated rings. The number of hydrogen-bond acceptors (Lipinski definition) is 1.